The summed E-state index contributed by atoms with van der Waals surface area (Å²) in [5.41, 5.74) is 0.738. The molecular weight excluding hydrogens is 310 g/mol. The zero-order chi connectivity index (χ0) is 16.3. The Morgan fingerprint density at radius 3 is 2.70 bits per heavy atom. The number of nitrogens with zero attached hydrogens (tertiary/aromatic N) is 1. The van der Waals surface area contributed by atoms with Crippen LogP contribution in [0.4, 0.5) is 0 Å². The quantitative estimate of drug-likeness (QED) is 0.621. The van der Waals surface area contributed by atoms with E-state index in [1.54, 1.807) is 0 Å². The number of rotatable bonds is 4. The molecule has 3 nitrogen and oxygen atoms in total. The van der Waals surface area contributed by atoms with E-state index in [1.807, 2.05) is 23.1 Å². The van der Waals surface area contributed by atoms with Crippen molar-refractivity contribution < 1.29 is 9.59 Å². The number of carbonyl (C=O) groups is 2. The second-order valence-electron chi connectivity index (χ2n) is 6.90. The summed E-state index contributed by atoms with van der Waals surface area (Å²) in [6.07, 6.45) is 6.58. The molecule has 1 heterocycles. The number of carbonyl (C=O) groups excluding carboxylic acids is 2. The summed E-state index contributed by atoms with van der Waals surface area (Å²) in [6, 6.07) is 10.1. The van der Waals surface area contributed by atoms with E-state index in [0.29, 0.717) is 6.54 Å². The summed E-state index contributed by atoms with van der Waals surface area (Å²) in [5, 5.41) is -0.545. The number of piperidine rings is 1. The Morgan fingerprint density at radius 1 is 1.22 bits per heavy atom. The Morgan fingerprint density at radius 2 is 1.96 bits per heavy atom. The van der Waals surface area contributed by atoms with Gasteiger partial charge in [0.2, 0.25) is 5.91 Å². The molecule has 0 radical (unpaired) electrons. The van der Waals surface area contributed by atoms with Crippen LogP contribution in [-0.4, -0.2) is 29.0 Å². The van der Waals surface area contributed by atoms with E-state index in [1.165, 1.54) is 0 Å². The maximum Gasteiger partial charge on any atom is 0.229 e. The number of halogens is 1. The van der Waals surface area contributed by atoms with E-state index in [-0.39, 0.29) is 11.8 Å². The highest BCUT2D eigenvalue weighted by Crippen LogP contribution is 2.50. The van der Waals surface area contributed by atoms with Crippen molar-refractivity contribution >= 4 is 23.8 Å². The maximum atomic E-state index is 13.3. The van der Waals surface area contributed by atoms with Gasteiger partial charge in [-0.25, -0.2) is 0 Å². The minimum atomic E-state index is -0.545. The number of benzene rings is 1. The predicted octanol–water partition coefficient (Wildman–Crippen LogP) is 3.79. The molecule has 3 atom stereocenters. The zero-order valence-electron chi connectivity index (χ0n) is 13.4. The molecule has 0 aromatic heterocycles. The van der Waals surface area contributed by atoms with Gasteiger partial charge in [0, 0.05) is 13.1 Å². The molecule has 1 amide bonds. The molecule has 1 aliphatic carbocycles. The Balaban J connectivity index is 1.83. The summed E-state index contributed by atoms with van der Waals surface area (Å²) in [7, 11) is 0. The van der Waals surface area contributed by atoms with E-state index >= 15 is 0 Å². The third-order valence-corrected chi connectivity index (χ3v) is 6.00. The van der Waals surface area contributed by atoms with Crippen LogP contribution in [0.25, 0.3) is 0 Å². The molecule has 1 aromatic rings. The molecular formula is C19H24ClNO2. The molecule has 1 aliphatic heterocycles. The Hall–Kier alpha value is -1.35. The van der Waals surface area contributed by atoms with Crippen molar-refractivity contribution in [1.29, 1.82) is 0 Å². The van der Waals surface area contributed by atoms with Gasteiger partial charge in [0.05, 0.1) is 10.8 Å². The average Bonchev–Trinajstić information content (AvgIpc) is 2.60. The van der Waals surface area contributed by atoms with Crippen molar-refractivity contribution in [2.75, 3.05) is 6.54 Å². The highest BCUT2D eigenvalue weighted by molar-refractivity contribution is 6.28. The minimum absolute atomic E-state index is 0.0125. The lowest BCUT2D eigenvalue weighted by atomic mass is 9.60. The average molecular weight is 334 g/mol. The molecule has 4 heteroatoms. The number of likely N-dealkylation sites (tertiary alicyclic amines) is 1. The van der Waals surface area contributed by atoms with E-state index in [2.05, 4.69) is 12.1 Å². The van der Waals surface area contributed by atoms with Gasteiger partial charge in [0.1, 0.15) is 6.29 Å². The van der Waals surface area contributed by atoms with Gasteiger partial charge in [0.25, 0.3) is 0 Å². The van der Waals surface area contributed by atoms with Crippen molar-refractivity contribution in [3.8, 4) is 0 Å². The van der Waals surface area contributed by atoms with E-state index in [4.69, 9.17) is 11.6 Å². The second kappa shape index (κ2) is 7.04. The SMILES string of the molecule is O=CC(Cl)C1CCCCC12CCCN(Cc1ccccc1)C2=O. The second-order valence-corrected chi connectivity index (χ2v) is 7.41. The first-order valence-electron chi connectivity index (χ1n) is 8.60. The number of alkyl halides is 1. The van der Waals surface area contributed by atoms with Crippen molar-refractivity contribution in [3.63, 3.8) is 0 Å². The Labute approximate surface area is 143 Å². The molecule has 23 heavy (non-hydrogen) atoms. The first-order chi connectivity index (χ1) is 11.2. The summed E-state index contributed by atoms with van der Waals surface area (Å²) in [6.45, 7) is 1.46. The number of amides is 1. The first kappa shape index (κ1) is 16.5. The standard InChI is InChI=1S/C19H24ClNO2/c20-17(14-22)16-9-4-5-10-19(16)11-6-12-21(18(19)23)13-15-7-2-1-3-8-15/h1-3,7-8,14,16-17H,4-6,9-13H2. The van der Waals surface area contributed by atoms with E-state index in [0.717, 1.165) is 56.9 Å². The third-order valence-electron chi connectivity index (χ3n) is 5.59. The van der Waals surface area contributed by atoms with Gasteiger partial charge in [-0.1, -0.05) is 43.2 Å². The van der Waals surface area contributed by atoms with Crippen LogP contribution < -0.4 is 0 Å². The van der Waals surface area contributed by atoms with Crippen LogP contribution in [0.3, 0.4) is 0 Å². The number of hydrogen-bond acceptors (Lipinski definition) is 2. The van der Waals surface area contributed by atoms with Crippen molar-refractivity contribution in [2.45, 2.75) is 50.4 Å². The van der Waals surface area contributed by atoms with Crippen LogP contribution in [0.2, 0.25) is 0 Å². The normalized spacial score (nSPS) is 29.5. The first-order valence-corrected chi connectivity index (χ1v) is 9.04. The topological polar surface area (TPSA) is 37.4 Å². The number of hydrogen-bond donors (Lipinski definition) is 0. The predicted molar refractivity (Wildman–Crippen MR) is 91.2 cm³/mol. The summed E-state index contributed by atoms with van der Waals surface area (Å²) >= 11 is 6.30. The fraction of sp³-hybridized carbons (Fsp3) is 0.579. The lowest BCUT2D eigenvalue weighted by Gasteiger charge is -2.49. The fourth-order valence-electron chi connectivity index (χ4n) is 4.46. The monoisotopic (exact) mass is 333 g/mol. The van der Waals surface area contributed by atoms with Crippen LogP contribution >= 0.6 is 11.6 Å². The zero-order valence-corrected chi connectivity index (χ0v) is 14.2. The van der Waals surface area contributed by atoms with Crippen LogP contribution in [-0.2, 0) is 16.1 Å². The molecule has 2 aliphatic rings. The van der Waals surface area contributed by atoms with Crippen LogP contribution in [0.15, 0.2) is 30.3 Å². The molecule has 2 fully saturated rings. The summed E-state index contributed by atoms with van der Waals surface area (Å²) < 4.78 is 0. The van der Waals surface area contributed by atoms with Gasteiger partial charge in [-0.2, -0.15) is 0 Å². The van der Waals surface area contributed by atoms with Crippen molar-refractivity contribution in [3.05, 3.63) is 35.9 Å². The Bertz CT molecular complexity index is 558. The molecule has 1 saturated carbocycles. The van der Waals surface area contributed by atoms with Crippen LogP contribution in [0.1, 0.15) is 44.1 Å². The molecule has 3 rings (SSSR count). The van der Waals surface area contributed by atoms with Gasteiger partial charge in [-0.15, -0.1) is 11.6 Å². The fourth-order valence-corrected chi connectivity index (χ4v) is 4.83. The van der Waals surface area contributed by atoms with Gasteiger partial charge in [0.15, 0.2) is 0 Å². The maximum absolute atomic E-state index is 13.3. The van der Waals surface area contributed by atoms with Gasteiger partial charge in [-0.05, 0) is 37.2 Å². The van der Waals surface area contributed by atoms with Gasteiger partial charge in [-0.3, -0.25) is 4.79 Å². The van der Waals surface area contributed by atoms with Gasteiger partial charge >= 0.3 is 0 Å². The molecule has 0 bridgehead atoms. The summed E-state index contributed by atoms with van der Waals surface area (Å²) in [5.74, 6) is 0.200. The summed E-state index contributed by atoms with van der Waals surface area (Å²) in [4.78, 5) is 26.5. The highest BCUT2D eigenvalue weighted by Gasteiger charge is 2.52. The highest BCUT2D eigenvalue weighted by atomic mass is 35.5. The molecule has 1 spiro atoms. The van der Waals surface area contributed by atoms with Crippen LogP contribution in [0.5, 0.6) is 0 Å². The van der Waals surface area contributed by atoms with Crippen molar-refractivity contribution in [2.24, 2.45) is 11.3 Å². The Kier molecular flexibility index (Phi) is 5.05. The third kappa shape index (κ3) is 3.16. The molecule has 1 aromatic carbocycles. The van der Waals surface area contributed by atoms with E-state index in [9.17, 15) is 9.59 Å². The lowest BCUT2D eigenvalue weighted by Crippen LogP contribution is -2.55. The van der Waals surface area contributed by atoms with Gasteiger partial charge < -0.3 is 9.69 Å². The molecule has 124 valence electrons. The number of aldehydes is 1. The van der Waals surface area contributed by atoms with Crippen LogP contribution in [0, 0.1) is 11.3 Å². The lowest BCUT2D eigenvalue weighted by molar-refractivity contribution is -0.154. The molecule has 0 N–H and O–H groups in total. The largest absolute Gasteiger partial charge is 0.338 e. The van der Waals surface area contributed by atoms with Crippen molar-refractivity contribution in [1.82, 2.24) is 4.90 Å². The molecule has 1 saturated heterocycles. The smallest absolute Gasteiger partial charge is 0.229 e. The molecule has 3 unspecified atom stereocenters. The van der Waals surface area contributed by atoms with E-state index < -0.39 is 10.8 Å². The minimum Gasteiger partial charge on any atom is -0.338 e.